The number of benzene rings is 3. The van der Waals surface area contributed by atoms with Crippen LogP contribution in [0.4, 0.5) is 11.4 Å². The number of nitrogens with zero attached hydrogens (tertiary/aromatic N) is 2. The van der Waals surface area contributed by atoms with Gasteiger partial charge >= 0.3 is 0 Å². The Labute approximate surface area is 204 Å². The predicted octanol–water partition coefficient (Wildman–Crippen LogP) is 4.01. The van der Waals surface area contributed by atoms with Gasteiger partial charge in [0.1, 0.15) is 11.1 Å². The first kappa shape index (κ1) is 22.7. The van der Waals surface area contributed by atoms with Crippen LogP contribution in [-0.4, -0.2) is 45.4 Å². The number of hydrogen-bond donors (Lipinski definition) is 2. The van der Waals surface area contributed by atoms with Crippen LogP contribution in [0.25, 0.3) is 0 Å². The van der Waals surface area contributed by atoms with Gasteiger partial charge in [-0.05, 0) is 54.4 Å². The summed E-state index contributed by atoms with van der Waals surface area (Å²) in [5.74, 6) is -0.0310. The molecular weight excluding hydrogens is 472 g/mol. The summed E-state index contributed by atoms with van der Waals surface area (Å²) in [7, 11) is -3.62. The van der Waals surface area contributed by atoms with Gasteiger partial charge in [0.05, 0.1) is 5.69 Å². The molecule has 2 aliphatic heterocycles. The molecule has 5 rings (SSSR count). The van der Waals surface area contributed by atoms with E-state index in [1.54, 1.807) is 48.5 Å². The highest BCUT2D eigenvalue weighted by Gasteiger charge is 2.30. The van der Waals surface area contributed by atoms with Crippen molar-refractivity contribution in [2.24, 2.45) is 0 Å². The van der Waals surface area contributed by atoms with E-state index in [2.05, 4.69) is 21.9 Å². The third kappa shape index (κ3) is 4.36. The van der Waals surface area contributed by atoms with E-state index in [9.17, 15) is 13.2 Å². The summed E-state index contributed by atoms with van der Waals surface area (Å²) in [6.07, 6.45) is -0.603. The van der Waals surface area contributed by atoms with Gasteiger partial charge in [0.2, 0.25) is 10.0 Å². The van der Waals surface area contributed by atoms with E-state index in [4.69, 9.17) is 11.6 Å². The molecule has 0 saturated carbocycles. The summed E-state index contributed by atoms with van der Waals surface area (Å²) in [6, 6.07) is 19.7. The van der Waals surface area contributed by atoms with Crippen molar-refractivity contribution in [2.75, 3.05) is 36.4 Å². The van der Waals surface area contributed by atoms with Gasteiger partial charge in [0.25, 0.3) is 5.91 Å². The van der Waals surface area contributed by atoms with E-state index >= 15 is 0 Å². The van der Waals surface area contributed by atoms with Crippen molar-refractivity contribution < 1.29 is 13.2 Å². The SMILES string of the molecule is Cc1ccc(Cl)cc1N1CCN(C(=O)c2ccc(C3Nc4ccccc4S(=O)(=O)N3)cc2)CC1. The first-order valence-corrected chi connectivity index (χ1v) is 13.0. The van der Waals surface area contributed by atoms with Crippen molar-refractivity contribution in [3.05, 3.63) is 88.4 Å². The second-order valence-electron chi connectivity index (χ2n) is 8.53. The molecule has 7 nitrogen and oxygen atoms in total. The molecule has 1 fully saturated rings. The molecule has 2 heterocycles. The second kappa shape index (κ2) is 8.94. The highest BCUT2D eigenvalue weighted by atomic mass is 35.5. The largest absolute Gasteiger partial charge is 0.368 e. The number of halogens is 1. The molecule has 1 amide bonds. The van der Waals surface area contributed by atoms with Crippen LogP contribution in [0.15, 0.2) is 71.6 Å². The van der Waals surface area contributed by atoms with Crippen molar-refractivity contribution in [1.29, 1.82) is 0 Å². The van der Waals surface area contributed by atoms with Crippen molar-refractivity contribution in [3.63, 3.8) is 0 Å². The molecule has 0 radical (unpaired) electrons. The highest BCUT2D eigenvalue weighted by Crippen LogP contribution is 2.31. The maximum absolute atomic E-state index is 13.1. The van der Waals surface area contributed by atoms with E-state index in [0.717, 1.165) is 29.9 Å². The zero-order valence-corrected chi connectivity index (χ0v) is 20.2. The van der Waals surface area contributed by atoms with Gasteiger partial charge in [0.15, 0.2) is 0 Å². The van der Waals surface area contributed by atoms with Crippen molar-refractivity contribution >= 4 is 38.9 Å². The Morgan fingerprint density at radius 1 is 0.971 bits per heavy atom. The van der Waals surface area contributed by atoms with Gasteiger partial charge in [-0.2, -0.15) is 4.72 Å². The fourth-order valence-electron chi connectivity index (χ4n) is 4.45. The monoisotopic (exact) mass is 496 g/mol. The number of carbonyl (C=O) groups is 1. The normalized spacial score (nSPS) is 19.3. The number of anilines is 2. The van der Waals surface area contributed by atoms with Crippen LogP contribution in [0.3, 0.4) is 0 Å². The summed E-state index contributed by atoms with van der Waals surface area (Å²) in [6.45, 7) is 4.77. The number of piperazine rings is 1. The number of fused-ring (bicyclic) bond motifs is 1. The van der Waals surface area contributed by atoms with Crippen molar-refractivity contribution in [1.82, 2.24) is 9.62 Å². The van der Waals surface area contributed by atoms with Crippen molar-refractivity contribution in [3.8, 4) is 0 Å². The summed E-state index contributed by atoms with van der Waals surface area (Å²) < 4.78 is 27.8. The lowest BCUT2D eigenvalue weighted by Gasteiger charge is -2.37. The molecule has 0 aliphatic carbocycles. The number of nitrogens with one attached hydrogen (secondary N) is 2. The molecule has 3 aromatic carbocycles. The van der Waals surface area contributed by atoms with Gasteiger partial charge < -0.3 is 15.1 Å². The number of amides is 1. The summed E-state index contributed by atoms with van der Waals surface area (Å²) in [5, 5.41) is 3.92. The smallest absolute Gasteiger partial charge is 0.253 e. The van der Waals surface area contributed by atoms with E-state index < -0.39 is 16.2 Å². The minimum absolute atomic E-state index is 0.0310. The minimum atomic E-state index is -3.62. The van der Waals surface area contributed by atoms with Crippen LogP contribution in [0.5, 0.6) is 0 Å². The van der Waals surface area contributed by atoms with Gasteiger partial charge in [-0.1, -0.05) is 41.9 Å². The third-order valence-corrected chi connectivity index (χ3v) is 8.04. The lowest BCUT2D eigenvalue weighted by Crippen LogP contribution is -2.49. The van der Waals surface area contributed by atoms with Gasteiger partial charge in [-0.15, -0.1) is 0 Å². The molecule has 0 aromatic heterocycles. The Morgan fingerprint density at radius 3 is 2.41 bits per heavy atom. The zero-order chi connectivity index (χ0) is 23.9. The summed E-state index contributed by atoms with van der Waals surface area (Å²) in [5.41, 5.74) is 4.13. The van der Waals surface area contributed by atoms with E-state index in [1.807, 2.05) is 23.1 Å². The fraction of sp³-hybridized carbons (Fsp3) is 0.240. The third-order valence-electron chi connectivity index (χ3n) is 6.32. The molecule has 9 heteroatoms. The molecule has 3 aromatic rings. The average molecular weight is 497 g/mol. The van der Waals surface area contributed by atoms with Crippen LogP contribution in [0.1, 0.15) is 27.7 Å². The molecule has 1 atom stereocenters. The summed E-state index contributed by atoms with van der Waals surface area (Å²) in [4.78, 5) is 17.4. The topological polar surface area (TPSA) is 81.8 Å². The summed E-state index contributed by atoms with van der Waals surface area (Å²) >= 11 is 6.17. The predicted molar refractivity (Wildman–Crippen MR) is 134 cm³/mol. The molecular formula is C25H25ClN4O3S. The molecule has 176 valence electrons. The highest BCUT2D eigenvalue weighted by molar-refractivity contribution is 7.89. The van der Waals surface area contributed by atoms with Gasteiger partial charge in [-0.25, -0.2) is 8.42 Å². The maximum Gasteiger partial charge on any atom is 0.253 e. The van der Waals surface area contributed by atoms with Gasteiger partial charge in [0, 0.05) is 42.5 Å². The maximum atomic E-state index is 13.1. The number of hydrogen-bond acceptors (Lipinski definition) is 5. The molecule has 0 bridgehead atoms. The Bertz CT molecular complexity index is 1340. The lowest BCUT2D eigenvalue weighted by molar-refractivity contribution is 0.0746. The first-order valence-electron chi connectivity index (χ1n) is 11.1. The number of sulfonamides is 1. The number of aryl methyl sites for hydroxylation is 1. The Kier molecular flexibility index (Phi) is 5.97. The second-order valence-corrected chi connectivity index (χ2v) is 10.6. The standard InChI is InChI=1S/C25H25ClN4O3S/c1-17-6-11-20(26)16-22(17)29-12-14-30(15-13-29)25(31)19-9-7-18(8-10-19)24-27-21-4-2-3-5-23(21)34(32,33)28-24/h2-11,16,24,27-28H,12-15H2,1H3. The van der Waals surface area contributed by atoms with Crippen LogP contribution < -0.4 is 14.9 Å². The van der Waals surface area contributed by atoms with E-state index in [1.165, 1.54) is 0 Å². The van der Waals surface area contributed by atoms with Crippen LogP contribution in [0.2, 0.25) is 5.02 Å². The molecule has 34 heavy (non-hydrogen) atoms. The number of para-hydroxylation sites is 1. The quantitative estimate of drug-likeness (QED) is 0.572. The van der Waals surface area contributed by atoms with Crippen LogP contribution in [-0.2, 0) is 10.0 Å². The van der Waals surface area contributed by atoms with Crippen LogP contribution >= 0.6 is 11.6 Å². The lowest BCUT2D eigenvalue weighted by atomic mass is 10.1. The Morgan fingerprint density at radius 2 is 1.68 bits per heavy atom. The van der Waals surface area contributed by atoms with E-state index in [0.29, 0.717) is 29.4 Å². The fourth-order valence-corrected chi connectivity index (χ4v) is 5.92. The van der Waals surface area contributed by atoms with Gasteiger partial charge in [-0.3, -0.25) is 4.79 Å². The average Bonchev–Trinajstić information content (AvgIpc) is 2.85. The number of carbonyl (C=O) groups excluding carboxylic acids is 1. The molecule has 1 saturated heterocycles. The van der Waals surface area contributed by atoms with E-state index in [-0.39, 0.29) is 10.8 Å². The molecule has 2 N–H and O–H groups in total. The van der Waals surface area contributed by atoms with Crippen molar-refractivity contribution in [2.45, 2.75) is 18.0 Å². The molecule has 0 spiro atoms. The minimum Gasteiger partial charge on any atom is -0.368 e. The zero-order valence-electron chi connectivity index (χ0n) is 18.7. The number of rotatable bonds is 3. The Balaban J connectivity index is 1.26. The Hall–Kier alpha value is -3.07. The first-order chi connectivity index (χ1) is 16.3. The van der Waals surface area contributed by atoms with Crippen LogP contribution in [0, 0.1) is 6.92 Å². The molecule has 2 aliphatic rings. The molecule has 1 unspecified atom stereocenters.